The first-order valence-corrected chi connectivity index (χ1v) is 6.73. The minimum absolute atomic E-state index is 0.141. The number of imidazole rings is 1. The van der Waals surface area contributed by atoms with Gasteiger partial charge in [-0.1, -0.05) is 0 Å². The largest absolute Gasteiger partial charge is 0.481 e. The van der Waals surface area contributed by atoms with Gasteiger partial charge in [-0.3, -0.25) is 9.36 Å². The fourth-order valence-corrected chi connectivity index (χ4v) is 2.06. The van der Waals surface area contributed by atoms with Gasteiger partial charge < -0.3 is 15.8 Å². The number of nitrogens with zero attached hydrogens (tertiary/aromatic N) is 3. The van der Waals surface area contributed by atoms with E-state index in [4.69, 9.17) is 10.5 Å². The Kier molecular flexibility index (Phi) is 3.76. The number of hydrogen-bond donors (Lipinski definition) is 2. The Morgan fingerprint density at radius 3 is 2.62 bits per heavy atom. The van der Waals surface area contributed by atoms with E-state index in [1.807, 2.05) is 20.8 Å². The molecule has 7 heteroatoms. The molecule has 0 saturated heterocycles. The number of carbonyl (C=O) groups excluding carboxylic acids is 1. The van der Waals surface area contributed by atoms with Crippen molar-refractivity contribution in [1.29, 1.82) is 0 Å². The molecule has 7 nitrogen and oxygen atoms in total. The number of carbonyl (C=O) groups is 1. The second kappa shape index (κ2) is 5.23. The Morgan fingerprint density at radius 1 is 1.38 bits per heavy atom. The highest BCUT2D eigenvalue weighted by molar-refractivity contribution is 5.84. The Balaban J connectivity index is 2.45. The van der Waals surface area contributed by atoms with Crippen LogP contribution in [0.1, 0.15) is 33.7 Å². The molecule has 0 aromatic carbocycles. The van der Waals surface area contributed by atoms with Gasteiger partial charge in [-0.15, -0.1) is 0 Å². The highest BCUT2D eigenvalue weighted by Crippen LogP contribution is 2.23. The molecule has 0 aliphatic heterocycles. The molecule has 0 fully saturated rings. The van der Waals surface area contributed by atoms with Crippen LogP contribution in [0.2, 0.25) is 0 Å². The van der Waals surface area contributed by atoms with Gasteiger partial charge in [0.05, 0.1) is 7.11 Å². The number of fused-ring (bicyclic) bond motifs is 1. The highest BCUT2D eigenvalue weighted by Gasteiger charge is 2.24. The van der Waals surface area contributed by atoms with E-state index in [-0.39, 0.29) is 17.4 Å². The minimum atomic E-state index is -0.520. The maximum Gasteiger partial charge on any atom is 0.243 e. The van der Waals surface area contributed by atoms with Crippen LogP contribution in [0.15, 0.2) is 12.1 Å². The summed E-state index contributed by atoms with van der Waals surface area (Å²) < 4.78 is 6.72. The third-order valence-electron chi connectivity index (χ3n) is 3.01. The number of anilines is 1. The molecule has 1 atom stereocenters. The van der Waals surface area contributed by atoms with Gasteiger partial charge in [0, 0.05) is 11.6 Å². The Bertz CT molecular complexity index is 672. The first-order chi connectivity index (χ1) is 9.73. The molecule has 0 radical (unpaired) electrons. The molecule has 21 heavy (non-hydrogen) atoms. The van der Waals surface area contributed by atoms with Crippen molar-refractivity contribution in [3.8, 4) is 5.88 Å². The molecule has 2 heterocycles. The zero-order chi connectivity index (χ0) is 15.8. The molecule has 0 saturated carbocycles. The topological polar surface area (TPSA) is 95.1 Å². The average molecular weight is 291 g/mol. The van der Waals surface area contributed by atoms with Gasteiger partial charge in [0.25, 0.3) is 0 Å². The lowest BCUT2D eigenvalue weighted by atomic mass is 10.1. The molecule has 2 aromatic rings. The number of aromatic nitrogens is 3. The van der Waals surface area contributed by atoms with Crippen molar-refractivity contribution in [3.05, 3.63) is 12.1 Å². The fourth-order valence-electron chi connectivity index (χ4n) is 2.06. The Hall–Kier alpha value is -2.31. The molecule has 3 N–H and O–H groups in total. The molecule has 2 rings (SSSR count). The molecule has 0 aliphatic rings. The van der Waals surface area contributed by atoms with E-state index < -0.39 is 6.04 Å². The SMILES string of the molecule is COc1ccc2nc(N)n(C(C)C(=O)NC(C)(C)C)c2n1. The zero-order valence-electron chi connectivity index (χ0n) is 13.0. The Morgan fingerprint density at radius 2 is 2.05 bits per heavy atom. The van der Waals surface area contributed by atoms with Crippen molar-refractivity contribution in [2.24, 2.45) is 0 Å². The second-order valence-corrected chi connectivity index (χ2v) is 5.95. The van der Waals surface area contributed by atoms with Crippen LogP contribution in [0.3, 0.4) is 0 Å². The lowest BCUT2D eigenvalue weighted by molar-refractivity contribution is -0.125. The number of amides is 1. The number of rotatable bonds is 3. The fraction of sp³-hybridized carbons (Fsp3) is 0.500. The summed E-state index contributed by atoms with van der Waals surface area (Å²) in [5.74, 6) is 0.563. The van der Waals surface area contributed by atoms with Crippen molar-refractivity contribution < 1.29 is 9.53 Å². The predicted molar refractivity (Wildman–Crippen MR) is 81.1 cm³/mol. The van der Waals surface area contributed by atoms with Crippen LogP contribution in [-0.2, 0) is 4.79 Å². The van der Waals surface area contributed by atoms with E-state index in [9.17, 15) is 4.79 Å². The number of hydrogen-bond acceptors (Lipinski definition) is 5. The normalized spacial score (nSPS) is 13.2. The molecule has 0 bridgehead atoms. The van der Waals surface area contributed by atoms with Crippen molar-refractivity contribution in [2.45, 2.75) is 39.3 Å². The van der Waals surface area contributed by atoms with Crippen LogP contribution >= 0.6 is 0 Å². The summed E-state index contributed by atoms with van der Waals surface area (Å²) in [6.45, 7) is 7.54. The van der Waals surface area contributed by atoms with Gasteiger partial charge in [0.15, 0.2) is 5.65 Å². The van der Waals surface area contributed by atoms with Crippen molar-refractivity contribution >= 4 is 23.0 Å². The number of nitrogen functional groups attached to an aromatic ring is 1. The molecule has 1 unspecified atom stereocenters. The van der Waals surface area contributed by atoms with Crippen molar-refractivity contribution in [2.75, 3.05) is 12.8 Å². The summed E-state index contributed by atoms with van der Waals surface area (Å²) >= 11 is 0. The summed E-state index contributed by atoms with van der Waals surface area (Å²) in [4.78, 5) is 20.9. The third kappa shape index (κ3) is 3.07. The van der Waals surface area contributed by atoms with Crippen LogP contribution in [0.5, 0.6) is 5.88 Å². The molecule has 1 amide bonds. The monoisotopic (exact) mass is 291 g/mol. The summed E-state index contributed by atoms with van der Waals surface area (Å²) in [6, 6.07) is 2.95. The minimum Gasteiger partial charge on any atom is -0.481 e. The van der Waals surface area contributed by atoms with Gasteiger partial charge in [-0.2, -0.15) is 4.98 Å². The lowest BCUT2D eigenvalue weighted by Crippen LogP contribution is -2.43. The second-order valence-electron chi connectivity index (χ2n) is 5.95. The molecular weight excluding hydrogens is 270 g/mol. The number of nitrogens with two attached hydrogens (primary N) is 1. The predicted octanol–water partition coefficient (Wildman–Crippen LogP) is 1.50. The first-order valence-electron chi connectivity index (χ1n) is 6.73. The summed E-state index contributed by atoms with van der Waals surface area (Å²) in [7, 11) is 1.54. The van der Waals surface area contributed by atoms with Crippen molar-refractivity contribution in [3.63, 3.8) is 0 Å². The smallest absolute Gasteiger partial charge is 0.243 e. The van der Waals surface area contributed by atoms with Gasteiger partial charge in [-0.25, -0.2) is 4.98 Å². The van der Waals surface area contributed by atoms with Crippen LogP contribution < -0.4 is 15.8 Å². The highest BCUT2D eigenvalue weighted by atomic mass is 16.5. The average Bonchev–Trinajstić information content (AvgIpc) is 2.70. The maximum atomic E-state index is 12.3. The molecule has 0 aliphatic carbocycles. The molecule has 114 valence electrons. The molecule has 2 aromatic heterocycles. The molecule has 0 spiro atoms. The van der Waals surface area contributed by atoms with Crippen LogP contribution in [0.4, 0.5) is 5.95 Å². The Labute approximate surface area is 123 Å². The van der Waals surface area contributed by atoms with E-state index in [0.717, 1.165) is 0 Å². The summed E-state index contributed by atoms with van der Waals surface area (Å²) in [5, 5.41) is 2.93. The zero-order valence-corrected chi connectivity index (χ0v) is 13.0. The van der Waals surface area contributed by atoms with Crippen LogP contribution in [-0.4, -0.2) is 33.1 Å². The number of pyridine rings is 1. The van der Waals surface area contributed by atoms with Crippen molar-refractivity contribution in [1.82, 2.24) is 19.9 Å². The number of ether oxygens (including phenoxy) is 1. The quantitative estimate of drug-likeness (QED) is 0.893. The van der Waals surface area contributed by atoms with Crippen LogP contribution in [0, 0.1) is 0 Å². The maximum absolute atomic E-state index is 12.3. The van der Waals surface area contributed by atoms with Gasteiger partial charge in [-0.05, 0) is 33.8 Å². The van der Waals surface area contributed by atoms with E-state index in [1.165, 1.54) is 7.11 Å². The van der Waals surface area contributed by atoms with E-state index in [1.54, 1.807) is 23.6 Å². The van der Waals surface area contributed by atoms with E-state index >= 15 is 0 Å². The first kappa shape index (κ1) is 15.1. The summed E-state index contributed by atoms with van der Waals surface area (Å²) in [5.41, 5.74) is 6.78. The van der Waals surface area contributed by atoms with Gasteiger partial charge in [0.1, 0.15) is 11.6 Å². The van der Waals surface area contributed by atoms with Gasteiger partial charge in [0.2, 0.25) is 17.7 Å². The number of methoxy groups -OCH3 is 1. The standard InChI is InChI=1S/C14H21N5O2/c1-8(12(20)18-14(2,3)4)19-11-9(16-13(19)15)6-7-10(17-11)21-5/h6-8H,1-5H3,(H2,15,16)(H,18,20). The lowest BCUT2D eigenvalue weighted by Gasteiger charge is -2.24. The molecular formula is C14H21N5O2. The van der Waals surface area contributed by atoms with Crippen LogP contribution in [0.25, 0.3) is 11.2 Å². The third-order valence-corrected chi connectivity index (χ3v) is 3.01. The van der Waals surface area contributed by atoms with Gasteiger partial charge >= 0.3 is 0 Å². The van der Waals surface area contributed by atoms with E-state index in [2.05, 4.69) is 15.3 Å². The summed E-state index contributed by atoms with van der Waals surface area (Å²) in [6.07, 6.45) is 0. The number of nitrogens with one attached hydrogen (secondary N) is 1. The van der Waals surface area contributed by atoms with E-state index in [0.29, 0.717) is 17.0 Å².